The van der Waals surface area contributed by atoms with Gasteiger partial charge in [0.15, 0.2) is 21.3 Å². The van der Waals surface area contributed by atoms with Gasteiger partial charge in [-0.05, 0) is 36.4 Å². The molecule has 2 nitrogen and oxygen atoms in total. The van der Waals surface area contributed by atoms with Gasteiger partial charge in [-0.2, -0.15) is 0 Å². The fourth-order valence-corrected chi connectivity index (χ4v) is 4.78. The summed E-state index contributed by atoms with van der Waals surface area (Å²) in [6, 6.07) is 30.0. The number of carbonyl (C=O) groups excluding carboxylic acids is 1. The zero-order valence-electron chi connectivity index (χ0n) is 13.6. The van der Waals surface area contributed by atoms with Crippen LogP contribution in [-0.2, 0) is 10.9 Å². The molecule has 0 amide bonds. The predicted molar refractivity (Wildman–Crippen MR) is 102 cm³/mol. The van der Waals surface area contributed by atoms with E-state index in [9.17, 15) is 4.79 Å². The maximum absolute atomic E-state index is 12.9. The highest BCUT2D eigenvalue weighted by atomic mass is 32.2. The zero-order chi connectivity index (χ0) is 17.1. The molecule has 0 unspecified atom stereocenters. The lowest BCUT2D eigenvalue weighted by atomic mass is 10.2. The number of carbonyl (C=O) groups is 1. The predicted octanol–water partition coefficient (Wildman–Crippen LogP) is 5.35. The van der Waals surface area contributed by atoms with Gasteiger partial charge < -0.3 is 4.42 Å². The fourth-order valence-electron chi connectivity index (χ4n) is 2.79. The van der Waals surface area contributed by atoms with E-state index in [1.165, 1.54) is 0 Å². The van der Waals surface area contributed by atoms with Gasteiger partial charge in [-0.25, -0.2) is 0 Å². The lowest BCUT2D eigenvalue weighted by Crippen LogP contribution is -2.17. The van der Waals surface area contributed by atoms with E-state index in [1.807, 2.05) is 66.7 Å². The Morgan fingerprint density at radius 3 is 1.92 bits per heavy atom. The van der Waals surface area contributed by atoms with Crippen molar-refractivity contribution in [3.8, 4) is 0 Å². The molecule has 0 saturated heterocycles. The van der Waals surface area contributed by atoms with Crippen molar-refractivity contribution in [1.82, 2.24) is 0 Å². The third-order valence-corrected chi connectivity index (χ3v) is 6.26. The van der Waals surface area contributed by atoms with E-state index in [0.717, 1.165) is 20.8 Å². The number of para-hydroxylation sites is 1. The number of hydrogen-bond donors (Lipinski definition) is 0. The van der Waals surface area contributed by atoms with E-state index < -0.39 is 0 Å². The van der Waals surface area contributed by atoms with Crippen LogP contribution in [0.15, 0.2) is 105 Å². The van der Waals surface area contributed by atoms with Gasteiger partial charge in [-0.1, -0.05) is 54.6 Å². The third kappa shape index (κ3) is 3.37. The van der Waals surface area contributed by atoms with Gasteiger partial charge in [0.25, 0.3) is 0 Å². The van der Waals surface area contributed by atoms with Gasteiger partial charge in [0, 0.05) is 5.39 Å². The SMILES string of the molecule is O=C(C[S+](c1ccccc1)c1ccccc1)c1cc2ccccc2o1. The molecular weight excluding hydrogens is 328 g/mol. The van der Waals surface area contributed by atoms with Crippen LogP contribution in [0.2, 0.25) is 0 Å². The van der Waals surface area contributed by atoms with E-state index in [1.54, 1.807) is 0 Å². The zero-order valence-corrected chi connectivity index (χ0v) is 14.4. The molecule has 0 aliphatic rings. The summed E-state index contributed by atoms with van der Waals surface area (Å²) in [6.45, 7) is 0. The average Bonchev–Trinajstić information content (AvgIpc) is 3.12. The minimum Gasteiger partial charge on any atom is -0.453 e. The van der Waals surface area contributed by atoms with Crippen LogP contribution < -0.4 is 0 Å². The largest absolute Gasteiger partial charge is 0.453 e. The maximum Gasteiger partial charge on any atom is 0.247 e. The Hall–Kier alpha value is -2.78. The van der Waals surface area contributed by atoms with Crippen molar-refractivity contribution in [1.29, 1.82) is 0 Å². The smallest absolute Gasteiger partial charge is 0.247 e. The highest BCUT2D eigenvalue weighted by Gasteiger charge is 2.30. The van der Waals surface area contributed by atoms with Crippen molar-refractivity contribution in [2.75, 3.05) is 5.75 Å². The summed E-state index contributed by atoms with van der Waals surface area (Å²) in [5, 5.41) is 0.963. The minimum atomic E-state index is -0.313. The molecule has 0 bridgehead atoms. The van der Waals surface area contributed by atoms with Crippen molar-refractivity contribution in [3.63, 3.8) is 0 Å². The Balaban J connectivity index is 1.67. The maximum atomic E-state index is 12.9. The first-order valence-corrected chi connectivity index (χ1v) is 9.53. The summed E-state index contributed by atoms with van der Waals surface area (Å²) >= 11 is 0. The molecule has 3 heteroatoms. The van der Waals surface area contributed by atoms with E-state index in [-0.39, 0.29) is 16.7 Å². The van der Waals surface area contributed by atoms with Crippen LogP contribution in [0, 0.1) is 0 Å². The highest BCUT2D eigenvalue weighted by Crippen LogP contribution is 2.26. The Bertz CT molecular complexity index is 918. The van der Waals surface area contributed by atoms with Crippen LogP contribution in [0.4, 0.5) is 0 Å². The first-order chi connectivity index (χ1) is 12.3. The van der Waals surface area contributed by atoms with Crippen molar-refractivity contribution in [2.45, 2.75) is 9.79 Å². The Kier molecular flexibility index (Phi) is 4.40. The van der Waals surface area contributed by atoms with Gasteiger partial charge in [-0.15, -0.1) is 0 Å². The summed E-state index contributed by atoms with van der Waals surface area (Å²) in [4.78, 5) is 15.2. The second-order valence-corrected chi connectivity index (χ2v) is 7.75. The van der Waals surface area contributed by atoms with Crippen molar-refractivity contribution >= 4 is 27.6 Å². The molecule has 3 aromatic carbocycles. The molecule has 0 aliphatic carbocycles. The summed E-state index contributed by atoms with van der Waals surface area (Å²) in [5.74, 6) is 0.881. The standard InChI is InChI=1S/C22H17O2S/c23-20(22-15-17-9-7-8-14-21(17)24-22)16-25(18-10-3-1-4-11-18)19-12-5-2-6-13-19/h1-15H,16H2/q+1. The third-order valence-electron chi connectivity index (χ3n) is 4.03. The molecule has 4 rings (SSSR count). The van der Waals surface area contributed by atoms with Gasteiger partial charge in [0.05, 0.1) is 10.9 Å². The van der Waals surface area contributed by atoms with E-state index in [4.69, 9.17) is 4.42 Å². The van der Waals surface area contributed by atoms with Crippen LogP contribution in [0.1, 0.15) is 10.6 Å². The summed E-state index contributed by atoms with van der Waals surface area (Å²) in [7, 11) is -0.313. The Morgan fingerprint density at radius 2 is 1.32 bits per heavy atom. The van der Waals surface area contributed by atoms with E-state index in [0.29, 0.717) is 11.5 Å². The molecule has 0 fully saturated rings. The van der Waals surface area contributed by atoms with Crippen LogP contribution in [-0.4, -0.2) is 11.5 Å². The van der Waals surface area contributed by atoms with Crippen LogP contribution in [0.25, 0.3) is 11.0 Å². The van der Waals surface area contributed by atoms with Crippen LogP contribution >= 0.6 is 0 Å². The van der Waals surface area contributed by atoms with Gasteiger partial charge in [0.2, 0.25) is 5.78 Å². The molecule has 0 radical (unpaired) electrons. The molecule has 0 atom stereocenters. The van der Waals surface area contributed by atoms with Crippen molar-refractivity contribution < 1.29 is 9.21 Å². The molecule has 0 saturated carbocycles. The number of hydrogen-bond acceptors (Lipinski definition) is 2. The van der Waals surface area contributed by atoms with Crippen molar-refractivity contribution in [3.05, 3.63) is 96.8 Å². The first kappa shape index (κ1) is 15.7. The molecule has 0 spiro atoms. The molecular formula is C22H17O2S+. The molecule has 0 aliphatic heterocycles. The average molecular weight is 345 g/mol. The quantitative estimate of drug-likeness (QED) is 0.360. The minimum absolute atomic E-state index is 0.0345. The molecule has 1 aromatic heterocycles. The number of furan rings is 1. The lowest BCUT2D eigenvalue weighted by Gasteiger charge is -2.06. The number of Topliss-reactive ketones (excluding diaryl/α,β-unsaturated/α-hetero) is 1. The molecule has 4 aromatic rings. The summed E-state index contributed by atoms with van der Waals surface area (Å²) < 4.78 is 5.76. The normalized spacial score (nSPS) is 11.1. The summed E-state index contributed by atoms with van der Waals surface area (Å²) in [5.41, 5.74) is 0.755. The second kappa shape index (κ2) is 6.99. The lowest BCUT2D eigenvalue weighted by molar-refractivity contribution is 0.0993. The number of rotatable bonds is 5. The van der Waals surface area contributed by atoms with Crippen LogP contribution in [0.5, 0.6) is 0 Å². The molecule has 122 valence electrons. The second-order valence-electron chi connectivity index (χ2n) is 5.73. The van der Waals surface area contributed by atoms with Gasteiger partial charge in [0.1, 0.15) is 5.58 Å². The van der Waals surface area contributed by atoms with E-state index in [2.05, 4.69) is 24.3 Å². The number of fused-ring (bicyclic) bond motifs is 1. The molecule has 25 heavy (non-hydrogen) atoms. The van der Waals surface area contributed by atoms with Crippen molar-refractivity contribution in [2.24, 2.45) is 0 Å². The van der Waals surface area contributed by atoms with Gasteiger partial charge >= 0.3 is 0 Å². The summed E-state index contributed by atoms with van der Waals surface area (Å²) in [6.07, 6.45) is 0. The topological polar surface area (TPSA) is 30.2 Å². The first-order valence-electron chi connectivity index (χ1n) is 8.14. The molecule has 1 heterocycles. The number of ketones is 1. The monoisotopic (exact) mass is 345 g/mol. The van der Waals surface area contributed by atoms with Crippen LogP contribution in [0.3, 0.4) is 0 Å². The Labute approximate surface area is 149 Å². The fraction of sp³-hybridized carbons (Fsp3) is 0.0455. The van der Waals surface area contributed by atoms with E-state index >= 15 is 0 Å². The Morgan fingerprint density at radius 1 is 0.760 bits per heavy atom. The van der Waals surface area contributed by atoms with Gasteiger partial charge in [-0.3, -0.25) is 4.79 Å². The highest BCUT2D eigenvalue weighted by molar-refractivity contribution is 7.97. The number of benzene rings is 3. The molecule has 0 N–H and O–H groups in total.